The lowest BCUT2D eigenvalue weighted by molar-refractivity contribution is 0.122. The predicted octanol–water partition coefficient (Wildman–Crippen LogP) is 3.15. The molecule has 6 heteroatoms. The highest BCUT2D eigenvalue weighted by molar-refractivity contribution is 5.49. The third kappa shape index (κ3) is 4.43. The molecule has 6 nitrogen and oxygen atoms in total. The number of morpholine rings is 1. The number of aromatic nitrogens is 2. The molecule has 1 saturated heterocycles. The van der Waals surface area contributed by atoms with Crippen LogP contribution in [0.2, 0.25) is 0 Å². The molecular formula is C20H27N5O. The van der Waals surface area contributed by atoms with Crippen LogP contribution in [0.3, 0.4) is 0 Å². The van der Waals surface area contributed by atoms with E-state index in [4.69, 9.17) is 4.74 Å². The highest BCUT2D eigenvalue weighted by atomic mass is 16.5. The van der Waals surface area contributed by atoms with Gasteiger partial charge in [-0.2, -0.15) is 0 Å². The Hall–Kier alpha value is -2.34. The maximum absolute atomic E-state index is 5.43. The fourth-order valence-corrected chi connectivity index (χ4v) is 3.82. The molecular weight excluding hydrogens is 326 g/mol. The van der Waals surface area contributed by atoms with E-state index in [9.17, 15) is 0 Å². The molecule has 2 heterocycles. The molecule has 1 aromatic heterocycles. The van der Waals surface area contributed by atoms with Crippen molar-refractivity contribution < 1.29 is 4.74 Å². The topological polar surface area (TPSA) is 62.3 Å². The van der Waals surface area contributed by atoms with E-state index in [1.807, 2.05) is 0 Å². The van der Waals surface area contributed by atoms with E-state index in [0.29, 0.717) is 12.1 Å². The summed E-state index contributed by atoms with van der Waals surface area (Å²) in [5.74, 6) is 1.91. The fourth-order valence-electron chi connectivity index (χ4n) is 3.82. The van der Waals surface area contributed by atoms with Crippen LogP contribution in [-0.2, 0) is 4.74 Å². The molecule has 2 N–H and O–H groups in total. The number of para-hydroxylation sites is 1. The monoisotopic (exact) mass is 353 g/mol. The SMILES string of the molecule is c1ccc(NC2CCCC(Nc3cc(N4CCOCC4)ncn3)C2)cc1. The number of nitrogens with zero attached hydrogens (tertiary/aromatic N) is 3. The third-order valence-electron chi connectivity index (χ3n) is 5.16. The van der Waals surface area contributed by atoms with Gasteiger partial charge in [-0.25, -0.2) is 9.97 Å². The van der Waals surface area contributed by atoms with Crippen LogP contribution in [0.25, 0.3) is 0 Å². The summed E-state index contributed by atoms with van der Waals surface area (Å²) in [4.78, 5) is 11.1. The highest BCUT2D eigenvalue weighted by Gasteiger charge is 2.22. The van der Waals surface area contributed by atoms with E-state index >= 15 is 0 Å². The third-order valence-corrected chi connectivity index (χ3v) is 5.16. The summed E-state index contributed by atoms with van der Waals surface area (Å²) in [7, 11) is 0. The van der Waals surface area contributed by atoms with Gasteiger partial charge in [0, 0.05) is 36.9 Å². The zero-order chi connectivity index (χ0) is 17.6. The average molecular weight is 353 g/mol. The summed E-state index contributed by atoms with van der Waals surface area (Å²) in [6.45, 7) is 3.32. The number of anilines is 3. The summed E-state index contributed by atoms with van der Waals surface area (Å²) < 4.78 is 5.43. The number of hydrogen-bond donors (Lipinski definition) is 2. The second-order valence-electron chi connectivity index (χ2n) is 7.08. The van der Waals surface area contributed by atoms with E-state index in [2.05, 4.69) is 61.9 Å². The molecule has 4 rings (SSSR count). The lowest BCUT2D eigenvalue weighted by Gasteiger charge is -2.32. The van der Waals surface area contributed by atoms with Gasteiger partial charge >= 0.3 is 0 Å². The Labute approximate surface area is 155 Å². The molecule has 1 aliphatic heterocycles. The Morgan fingerprint density at radius 3 is 2.54 bits per heavy atom. The maximum atomic E-state index is 5.43. The van der Waals surface area contributed by atoms with Crippen molar-refractivity contribution in [2.45, 2.75) is 37.8 Å². The van der Waals surface area contributed by atoms with Crippen LogP contribution >= 0.6 is 0 Å². The minimum Gasteiger partial charge on any atom is -0.382 e. The van der Waals surface area contributed by atoms with Gasteiger partial charge in [-0.05, 0) is 37.8 Å². The number of benzene rings is 1. The standard InChI is InChI=1S/C20H27N5O/c1-2-5-16(6-3-1)23-17-7-4-8-18(13-17)24-19-14-20(22-15-21-19)25-9-11-26-12-10-25/h1-3,5-6,14-15,17-18,23H,4,7-13H2,(H,21,22,24). The van der Waals surface area contributed by atoms with Crippen LogP contribution in [-0.4, -0.2) is 48.4 Å². The zero-order valence-corrected chi connectivity index (χ0v) is 15.1. The van der Waals surface area contributed by atoms with E-state index in [-0.39, 0.29) is 0 Å². The van der Waals surface area contributed by atoms with Gasteiger partial charge in [0.2, 0.25) is 0 Å². The van der Waals surface area contributed by atoms with E-state index in [0.717, 1.165) is 44.4 Å². The zero-order valence-electron chi connectivity index (χ0n) is 15.1. The first-order chi connectivity index (χ1) is 12.9. The molecule has 2 aromatic rings. The molecule has 26 heavy (non-hydrogen) atoms. The van der Waals surface area contributed by atoms with Crippen LogP contribution < -0.4 is 15.5 Å². The first-order valence-corrected chi connectivity index (χ1v) is 9.60. The lowest BCUT2D eigenvalue weighted by atomic mass is 9.90. The van der Waals surface area contributed by atoms with Crippen LogP contribution in [0, 0.1) is 0 Å². The molecule has 0 radical (unpaired) electrons. The Bertz CT molecular complexity index is 690. The van der Waals surface area contributed by atoms with Crippen molar-refractivity contribution in [3.05, 3.63) is 42.7 Å². The molecule has 1 saturated carbocycles. The van der Waals surface area contributed by atoms with Crippen LogP contribution in [0.4, 0.5) is 17.3 Å². The Kier molecular flexibility index (Phi) is 5.50. The van der Waals surface area contributed by atoms with Gasteiger partial charge in [-0.1, -0.05) is 18.2 Å². The molecule has 0 amide bonds. The second kappa shape index (κ2) is 8.36. The first kappa shape index (κ1) is 17.1. The largest absolute Gasteiger partial charge is 0.382 e. The van der Waals surface area contributed by atoms with Crippen molar-refractivity contribution in [3.8, 4) is 0 Å². The second-order valence-corrected chi connectivity index (χ2v) is 7.08. The lowest BCUT2D eigenvalue weighted by Crippen LogP contribution is -2.37. The van der Waals surface area contributed by atoms with Gasteiger partial charge in [0.1, 0.15) is 18.0 Å². The molecule has 2 fully saturated rings. The predicted molar refractivity (Wildman–Crippen MR) is 105 cm³/mol. The van der Waals surface area contributed by atoms with Crippen molar-refractivity contribution in [2.24, 2.45) is 0 Å². The van der Waals surface area contributed by atoms with E-state index in [1.165, 1.54) is 24.9 Å². The van der Waals surface area contributed by atoms with Crippen molar-refractivity contribution in [3.63, 3.8) is 0 Å². The smallest absolute Gasteiger partial charge is 0.134 e. The summed E-state index contributed by atoms with van der Waals surface area (Å²) in [5.41, 5.74) is 1.20. The van der Waals surface area contributed by atoms with Crippen LogP contribution in [0.5, 0.6) is 0 Å². The Balaban J connectivity index is 1.36. The molecule has 138 valence electrons. The number of ether oxygens (including phenoxy) is 1. The van der Waals surface area contributed by atoms with E-state index in [1.54, 1.807) is 6.33 Å². The molecule has 0 spiro atoms. The Morgan fingerprint density at radius 1 is 0.962 bits per heavy atom. The van der Waals surface area contributed by atoms with Crippen molar-refractivity contribution >= 4 is 17.3 Å². The normalized spacial score (nSPS) is 23.5. The Morgan fingerprint density at radius 2 is 1.73 bits per heavy atom. The highest BCUT2D eigenvalue weighted by Crippen LogP contribution is 2.25. The van der Waals surface area contributed by atoms with Gasteiger partial charge < -0.3 is 20.3 Å². The molecule has 1 aromatic carbocycles. The summed E-state index contributed by atoms with van der Waals surface area (Å²) in [6.07, 6.45) is 6.39. The molecule has 2 unspecified atom stereocenters. The van der Waals surface area contributed by atoms with Crippen LogP contribution in [0.15, 0.2) is 42.7 Å². The van der Waals surface area contributed by atoms with Crippen LogP contribution in [0.1, 0.15) is 25.7 Å². The minimum absolute atomic E-state index is 0.442. The van der Waals surface area contributed by atoms with Gasteiger partial charge in [0.15, 0.2) is 0 Å². The quantitative estimate of drug-likeness (QED) is 0.861. The van der Waals surface area contributed by atoms with Gasteiger partial charge in [-0.3, -0.25) is 0 Å². The molecule has 2 aliphatic rings. The molecule has 2 atom stereocenters. The van der Waals surface area contributed by atoms with Gasteiger partial charge in [0.05, 0.1) is 13.2 Å². The van der Waals surface area contributed by atoms with Crippen molar-refractivity contribution in [1.82, 2.24) is 9.97 Å². The van der Waals surface area contributed by atoms with Crippen molar-refractivity contribution in [1.29, 1.82) is 0 Å². The first-order valence-electron chi connectivity index (χ1n) is 9.60. The summed E-state index contributed by atoms with van der Waals surface area (Å²) in [6, 6.07) is 13.5. The fraction of sp³-hybridized carbons (Fsp3) is 0.500. The van der Waals surface area contributed by atoms with Gasteiger partial charge in [0.25, 0.3) is 0 Å². The summed E-state index contributed by atoms with van der Waals surface area (Å²) in [5, 5.41) is 7.29. The average Bonchev–Trinajstić information content (AvgIpc) is 2.70. The number of rotatable bonds is 5. The van der Waals surface area contributed by atoms with Gasteiger partial charge in [-0.15, -0.1) is 0 Å². The van der Waals surface area contributed by atoms with E-state index < -0.39 is 0 Å². The minimum atomic E-state index is 0.442. The molecule has 0 bridgehead atoms. The summed E-state index contributed by atoms with van der Waals surface area (Å²) >= 11 is 0. The molecule has 1 aliphatic carbocycles. The maximum Gasteiger partial charge on any atom is 0.134 e. The number of nitrogens with one attached hydrogen (secondary N) is 2. The number of hydrogen-bond acceptors (Lipinski definition) is 6. The van der Waals surface area contributed by atoms with Crippen molar-refractivity contribution in [2.75, 3.05) is 41.8 Å².